The van der Waals surface area contributed by atoms with E-state index in [-0.39, 0.29) is 17.2 Å². The van der Waals surface area contributed by atoms with E-state index in [1.807, 2.05) is 6.07 Å². The lowest BCUT2D eigenvalue weighted by Gasteiger charge is -2.31. The Morgan fingerprint density at radius 3 is 2.21 bits per heavy atom. The van der Waals surface area contributed by atoms with Gasteiger partial charge < -0.3 is 14.5 Å². The summed E-state index contributed by atoms with van der Waals surface area (Å²) in [5, 5.41) is 8.12. The number of imide groups is 1. The summed E-state index contributed by atoms with van der Waals surface area (Å²) in [5.41, 5.74) is 7.56. The first kappa shape index (κ1) is 19.8. The van der Waals surface area contributed by atoms with E-state index in [9.17, 15) is 9.59 Å². The second-order valence-electron chi connectivity index (χ2n) is 10.3. The first-order valence-electron chi connectivity index (χ1n) is 12.0. The fourth-order valence-corrected chi connectivity index (χ4v) is 6.16. The standard InChI is InChI=1S/C28H26N4O2/c1-28(2)9-11-31-14-20(18-7-4-8-21(28)25(18)31)23-22(26(33)30-27(23)34)19-15-32-12-10-29-13-16-5-3-6-17(19)24(16)32/h3-8,14-15,29H,9-13H2,1-2H3,(H,30,33,34). The number of nitrogens with one attached hydrogen (secondary N) is 2. The zero-order valence-electron chi connectivity index (χ0n) is 19.4. The summed E-state index contributed by atoms with van der Waals surface area (Å²) in [6.45, 7) is 7.93. The Morgan fingerprint density at radius 1 is 0.824 bits per heavy atom. The van der Waals surface area contributed by atoms with E-state index in [0.29, 0.717) is 11.1 Å². The van der Waals surface area contributed by atoms with Gasteiger partial charge in [0.1, 0.15) is 0 Å². The summed E-state index contributed by atoms with van der Waals surface area (Å²) >= 11 is 0. The monoisotopic (exact) mass is 450 g/mol. The SMILES string of the molecule is CC1(C)CCn2cc(C3=C(c4cn5c6c(cccc46)CNCC5)C(=O)NC3=O)c3cccc1c32. The van der Waals surface area contributed by atoms with Crippen LogP contribution in [0.25, 0.3) is 33.0 Å². The molecule has 170 valence electrons. The quantitative estimate of drug-likeness (QED) is 0.455. The number of benzene rings is 2. The van der Waals surface area contributed by atoms with E-state index in [1.165, 1.54) is 16.6 Å². The van der Waals surface area contributed by atoms with Crippen molar-refractivity contribution in [3.8, 4) is 0 Å². The summed E-state index contributed by atoms with van der Waals surface area (Å²) < 4.78 is 4.48. The van der Waals surface area contributed by atoms with Crippen molar-refractivity contribution in [2.75, 3.05) is 6.54 Å². The number of carbonyl (C=O) groups excluding carboxylic acids is 2. The van der Waals surface area contributed by atoms with Crippen LogP contribution in [0.3, 0.4) is 0 Å². The van der Waals surface area contributed by atoms with Crippen molar-refractivity contribution < 1.29 is 9.59 Å². The van der Waals surface area contributed by atoms with Crippen LogP contribution in [-0.4, -0.2) is 27.5 Å². The lowest BCUT2D eigenvalue weighted by Crippen LogP contribution is -2.25. The molecule has 3 aliphatic rings. The normalized spacial score (nSPS) is 19.2. The van der Waals surface area contributed by atoms with Gasteiger partial charge in [0.25, 0.3) is 11.8 Å². The molecule has 0 atom stereocenters. The van der Waals surface area contributed by atoms with Gasteiger partial charge in [-0.3, -0.25) is 14.9 Å². The number of hydrogen-bond donors (Lipinski definition) is 2. The highest BCUT2D eigenvalue weighted by Crippen LogP contribution is 2.44. The molecule has 5 heterocycles. The summed E-state index contributed by atoms with van der Waals surface area (Å²) in [6, 6.07) is 12.6. The summed E-state index contributed by atoms with van der Waals surface area (Å²) in [7, 11) is 0. The molecule has 3 aliphatic heterocycles. The van der Waals surface area contributed by atoms with Crippen molar-refractivity contribution in [3.05, 3.63) is 71.0 Å². The van der Waals surface area contributed by atoms with Crippen LogP contribution in [0.4, 0.5) is 0 Å². The molecule has 7 rings (SSSR count). The van der Waals surface area contributed by atoms with E-state index >= 15 is 0 Å². The molecule has 0 fully saturated rings. The lowest BCUT2D eigenvalue weighted by molar-refractivity contribution is -0.122. The molecule has 0 spiro atoms. The Bertz CT molecular complexity index is 1600. The van der Waals surface area contributed by atoms with E-state index in [0.717, 1.165) is 60.0 Å². The van der Waals surface area contributed by atoms with E-state index in [4.69, 9.17) is 0 Å². The molecule has 0 saturated carbocycles. The first-order valence-corrected chi connectivity index (χ1v) is 12.0. The number of aromatic nitrogens is 2. The molecule has 2 aromatic carbocycles. The molecule has 2 aromatic heterocycles. The molecule has 0 unspecified atom stereocenters. The van der Waals surface area contributed by atoms with Crippen LogP contribution >= 0.6 is 0 Å². The summed E-state index contributed by atoms with van der Waals surface area (Å²) in [6.07, 6.45) is 5.17. The molecule has 6 nitrogen and oxygen atoms in total. The average Bonchev–Trinajstić information content (AvgIpc) is 3.40. The van der Waals surface area contributed by atoms with Crippen LogP contribution in [0, 0.1) is 0 Å². The number of nitrogens with zero attached hydrogens (tertiary/aromatic N) is 2. The smallest absolute Gasteiger partial charge is 0.259 e. The second-order valence-corrected chi connectivity index (χ2v) is 10.3. The second kappa shape index (κ2) is 6.70. The van der Waals surface area contributed by atoms with Crippen LogP contribution in [0.2, 0.25) is 0 Å². The van der Waals surface area contributed by atoms with Crippen molar-refractivity contribution >= 4 is 44.8 Å². The van der Waals surface area contributed by atoms with Crippen molar-refractivity contribution in [2.45, 2.75) is 45.3 Å². The minimum Gasteiger partial charge on any atom is -0.347 e. The largest absolute Gasteiger partial charge is 0.347 e. The number of aryl methyl sites for hydroxylation is 1. The van der Waals surface area contributed by atoms with Crippen molar-refractivity contribution in [3.63, 3.8) is 0 Å². The van der Waals surface area contributed by atoms with Crippen LogP contribution in [0.5, 0.6) is 0 Å². The third-order valence-electron chi connectivity index (χ3n) is 7.90. The van der Waals surface area contributed by atoms with E-state index in [1.54, 1.807) is 0 Å². The van der Waals surface area contributed by atoms with Crippen LogP contribution in [0.1, 0.15) is 42.5 Å². The fourth-order valence-electron chi connectivity index (χ4n) is 6.16. The highest BCUT2D eigenvalue weighted by atomic mass is 16.2. The van der Waals surface area contributed by atoms with Crippen molar-refractivity contribution in [1.29, 1.82) is 0 Å². The maximum absolute atomic E-state index is 13.3. The van der Waals surface area contributed by atoms with E-state index < -0.39 is 0 Å². The molecule has 4 aromatic rings. The molecular formula is C28H26N4O2. The third-order valence-corrected chi connectivity index (χ3v) is 7.90. The van der Waals surface area contributed by atoms with Crippen LogP contribution in [-0.2, 0) is 34.6 Å². The van der Waals surface area contributed by atoms with Gasteiger partial charge in [-0.25, -0.2) is 0 Å². The molecule has 0 radical (unpaired) electrons. The van der Waals surface area contributed by atoms with Gasteiger partial charge in [0.2, 0.25) is 0 Å². The number of amides is 2. The topological polar surface area (TPSA) is 68.1 Å². The Morgan fingerprint density at radius 2 is 1.47 bits per heavy atom. The third kappa shape index (κ3) is 2.54. The molecule has 0 bridgehead atoms. The Kier molecular flexibility index (Phi) is 3.90. The Hall–Kier alpha value is -3.64. The number of carbonyl (C=O) groups is 2. The van der Waals surface area contributed by atoms with Gasteiger partial charge in [-0.1, -0.05) is 50.2 Å². The Balaban J connectivity index is 1.54. The zero-order valence-corrected chi connectivity index (χ0v) is 19.4. The average molecular weight is 451 g/mol. The van der Waals surface area contributed by atoms with Crippen molar-refractivity contribution in [1.82, 2.24) is 19.8 Å². The maximum Gasteiger partial charge on any atom is 0.259 e. The van der Waals surface area contributed by atoms with Gasteiger partial charge in [0, 0.05) is 60.5 Å². The number of hydrogen-bond acceptors (Lipinski definition) is 3. The van der Waals surface area contributed by atoms with Gasteiger partial charge >= 0.3 is 0 Å². The predicted octanol–water partition coefficient (Wildman–Crippen LogP) is 3.95. The van der Waals surface area contributed by atoms with Crippen molar-refractivity contribution in [2.24, 2.45) is 0 Å². The summed E-state index contributed by atoms with van der Waals surface area (Å²) in [4.78, 5) is 26.5. The van der Waals surface area contributed by atoms with Crippen LogP contribution in [0.15, 0.2) is 48.8 Å². The van der Waals surface area contributed by atoms with Crippen LogP contribution < -0.4 is 10.6 Å². The molecule has 2 amide bonds. The highest BCUT2D eigenvalue weighted by Gasteiger charge is 2.37. The molecule has 0 saturated heterocycles. The minimum atomic E-state index is -0.313. The van der Waals surface area contributed by atoms with Gasteiger partial charge in [-0.2, -0.15) is 0 Å². The molecule has 34 heavy (non-hydrogen) atoms. The predicted molar refractivity (Wildman–Crippen MR) is 133 cm³/mol. The zero-order chi connectivity index (χ0) is 23.2. The lowest BCUT2D eigenvalue weighted by atomic mass is 9.78. The van der Waals surface area contributed by atoms with E-state index in [2.05, 4.69) is 76.3 Å². The summed E-state index contributed by atoms with van der Waals surface area (Å²) in [5.74, 6) is -0.624. The molecule has 0 aliphatic carbocycles. The number of para-hydroxylation sites is 2. The minimum absolute atomic E-state index is 0.0711. The first-order chi connectivity index (χ1) is 16.4. The molecule has 6 heteroatoms. The number of rotatable bonds is 2. The molecular weight excluding hydrogens is 424 g/mol. The molecule has 2 N–H and O–H groups in total. The van der Waals surface area contributed by atoms with Gasteiger partial charge in [-0.05, 0) is 23.0 Å². The Labute approximate surface area is 197 Å². The highest BCUT2D eigenvalue weighted by molar-refractivity contribution is 6.50. The van der Waals surface area contributed by atoms with Gasteiger partial charge in [-0.15, -0.1) is 0 Å². The van der Waals surface area contributed by atoms with Gasteiger partial charge in [0.05, 0.1) is 22.2 Å². The fraction of sp³-hybridized carbons (Fsp3) is 0.286. The van der Waals surface area contributed by atoms with Gasteiger partial charge in [0.15, 0.2) is 0 Å². The maximum atomic E-state index is 13.3.